The third-order valence-corrected chi connectivity index (χ3v) is 6.74. The molecule has 0 spiro atoms. The van der Waals surface area contributed by atoms with Gasteiger partial charge in [-0.25, -0.2) is 22.0 Å². The Morgan fingerprint density at radius 2 is 1.59 bits per heavy atom. The first-order valence-electron chi connectivity index (χ1n) is 9.97. The van der Waals surface area contributed by atoms with Crippen LogP contribution < -0.4 is 4.74 Å². The highest BCUT2D eigenvalue weighted by Gasteiger charge is 2.27. The second-order valence-electron chi connectivity index (χ2n) is 7.24. The van der Waals surface area contributed by atoms with Crippen LogP contribution in [0.2, 0.25) is 0 Å². The Hall–Kier alpha value is -3.63. The summed E-state index contributed by atoms with van der Waals surface area (Å²) in [5.74, 6) is -4.02. The van der Waals surface area contributed by atoms with Gasteiger partial charge in [-0.2, -0.15) is 4.31 Å². The minimum absolute atomic E-state index is 0.0225. The summed E-state index contributed by atoms with van der Waals surface area (Å²) in [7, 11) is -1.37. The number of hydrogen-bond acceptors (Lipinski definition) is 6. The molecule has 0 N–H and O–H groups in total. The van der Waals surface area contributed by atoms with E-state index in [1.807, 2.05) is 6.07 Å². The van der Waals surface area contributed by atoms with Crippen molar-refractivity contribution in [2.45, 2.75) is 11.4 Å². The molecule has 7 nitrogen and oxygen atoms in total. The van der Waals surface area contributed by atoms with Crippen molar-refractivity contribution < 1.29 is 36.3 Å². The van der Waals surface area contributed by atoms with Gasteiger partial charge in [-0.3, -0.25) is 4.79 Å². The van der Waals surface area contributed by atoms with Crippen molar-refractivity contribution in [3.8, 4) is 5.75 Å². The van der Waals surface area contributed by atoms with Crippen LogP contribution in [0, 0.1) is 11.6 Å². The molecule has 0 saturated carbocycles. The molecule has 34 heavy (non-hydrogen) atoms. The number of halogens is 2. The third kappa shape index (κ3) is 5.64. The number of ether oxygens (including phenoxy) is 2. The summed E-state index contributed by atoms with van der Waals surface area (Å²) in [5.41, 5.74) is 0.455. The Bertz CT molecular complexity index is 1310. The van der Waals surface area contributed by atoms with Gasteiger partial charge in [-0.15, -0.1) is 0 Å². The van der Waals surface area contributed by atoms with Gasteiger partial charge in [0, 0.05) is 19.2 Å². The summed E-state index contributed by atoms with van der Waals surface area (Å²) in [5, 5.41) is 0. The normalized spacial score (nSPS) is 11.3. The summed E-state index contributed by atoms with van der Waals surface area (Å²) < 4.78 is 64.0. The highest BCUT2D eigenvalue weighted by atomic mass is 32.2. The SMILES string of the molecule is COc1ccc(C(=O)OCC(=O)c2ccc(F)c(F)c2)cc1S(=O)(=O)N(C)Cc1ccccc1. The topological polar surface area (TPSA) is 90.0 Å². The largest absolute Gasteiger partial charge is 0.495 e. The van der Waals surface area contributed by atoms with Gasteiger partial charge in [-0.05, 0) is 42.0 Å². The number of sulfonamides is 1. The molecule has 0 aliphatic carbocycles. The van der Waals surface area contributed by atoms with Gasteiger partial charge in [0.05, 0.1) is 12.7 Å². The van der Waals surface area contributed by atoms with E-state index in [9.17, 15) is 26.8 Å². The number of hydrogen-bond donors (Lipinski definition) is 0. The molecule has 0 fully saturated rings. The number of carbonyl (C=O) groups excluding carboxylic acids is 2. The van der Waals surface area contributed by atoms with Crippen LogP contribution in [0.3, 0.4) is 0 Å². The lowest BCUT2D eigenvalue weighted by molar-refractivity contribution is 0.0474. The molecule has 0 amide bonds. The minimum Gasteiger partial charge on any atom is -0.495 e. The molecule has 0 heterocycles. The monoisotopic (exact) mass is 489 g/mol. The zero-order valence-corrected chi connectivity index (χ0v) is 19.1. The molecule has 10 heteroatoms. The van der Waals surface area contributed by atoms with Gasteiger partial charge in [0.2, 0.25) is 10.0 Å². The maximum atomic E-state index is 13.3. The van der Waals surface area contributed by atoms with Crippen molar-refractivity contribution in [3.63, 3.8) is 0 Å². The number of ketones is 1. The van der Waals surface area contributed by atoms with Gasteiger partial charge in [0.15, 0.2) is 24.0 Å². The van der Waals surface area contributed by atoms with Crippen molar-refractivity contribution in [1.29, 1.82) is 0 Å². The molecule has 0 aromatic heterocycles. The molecular formula is C24H21F2NO6S. The lowest BCUT2D eigenvalue weighted by Crippen LogP contribution is -2.27. The maximum absolute atomic E-state index is 13.3. The molecule has 0 bridgehead atoms. The summed E-state index contributed by atoms with van der Waals surface area (Å²) in [6.07, 6.45) is 0. The van der Waals surface area contributed by atoms with E-state index in [-0.39, 0.29) is 28.3 Å². The molecule has 3 aromatic rings. The standard InChI is InChI=1S/C24H21F2NO6S/c1-27(14-16-6-4-3-5-7-16)34(30,31)23-13-18(9-11-22(23)32-2)24(29)33-15-21(28)17-8-10-19(25)20(26)12-17/h3-13H,14-15H2,1-2H3. The molecule has 3 aromatic carbocycles. The molecule has 0 aliphatic heterocycles. The van der Waals surface area contributed by atoms with Crippen LogP contribution in [0.1, 0.15) is 26.3 Å². The van der Waals surface area contributed by atoms with Crippen LogP contribution in [0.15, 0.2) is 71.6 Å². The fourth-order valence-electron chi connectivity index (χ4n) is 3.07. The Morgan fingerprint density at radius 3 is 2.24 bits per heavy atom. The quantitative estimate of drug-likeness (QED) is 0.335. The molecule has 0 atom stereocenters. The van der Waals surface area contributed by atoms with Crippen LogP contribution in [0.4, 0.5) is 8.78 Å². The summed E-state index contributed by atoms with van der Waals surface area (Å²) in [6, 6.07) is 15.2. The average Bonchev–Trinajstić information content (AvgIpc) is 2.84. The molecule has 178 valence electrons. The van der Waals surface area contributed by atoms with Gasteiger partial charge < -0.3 is 9.47 Å². The first-order valence-corrected chi connectivity index (χ1v) is 11.4. The van der Waals surface area contributed by atoms with E-state index in [0.29, 0.717) is 6.07 Å². The zero-order chi connectivity index (χ0) is 24.9. The molecule has 0 radical (unpaired) electrons. The summed E-state index contributed by atoms with van der Waals surface area (Å²) >= 11 is 0. The van der Waals surface area contributed by atoms with Crippen LogP contribution in [0.25, 0.3) is 0 Å². The predicted octanol–water partition coefficient (Wildman–Crippen LogP) is 3.83. The van der Waals surface area contributed by atoms with Gasteiger partial charge in [-0.1, -0.05) is 30.3 Å². The van der Waals surface area contributed by atoms with E-state index >= 15 is 0 Å². The number of benzene rings is 3. The minimum atomic E-state index is -4.06. The van der Waals surface area contributed by atoms with Gasteiger partial charge in [0.1, 0.15) is 10.6 Å². The number of esters is 1. The molecule has 3 rings (SSSR count). The fourth-order valence-corrected chi connectivity index (χ4v) is 4.40. The number of carbonyl (C=O) groups is 2. The number of rotatable bonds is 9. The predicted molar refractivity (Wildman–Crippen MR) is 119 cm³/mol. The Morgan fingerprint density at radius 1 is 0.912 bits per heavy atom. The lowest BCUT2D eigenvalue weighted by atomic mass is 10.1. The zero-order valence-electron chi connectivity index (χ0n) is 18.3. The lowest BCUT2D eigenvalue weighted by Gasteiger charge is -2.19. The highest BCUT2D eigenvalue weighted by molar-refractivity contribution is 7.89. The molecule has 0 aliphatic rings. The molecule has 0 saturated heterocycles. The summed E-state index contributed by atoms with van der Waals surface area (Å²) in [6.45, 7) is -0.657. The third-order valence-electron chi connectivity index (χ3n) is 4.91. The van der Waals surface area contributed by atoms with Crippen molar-refractivity contribution in [2.75, 3.05) is 20.8 Å². The second-order valence-corrected chi connectivity index (χ2v) is 9.25. The first-order chi connectivity index (χ1) is 16.1. The Labute approximate surface area is 195 Å². The molecule has 0 unspecified atom stereocenters. The molecular weight excluding hydrogens is 468 g/mol. The average molecular weight is 489 g/mol. The van der Waals surface area contributed by atoms with E-state index in [1.165, 1.54) is 26.3 Å². The maximum Gasteiger partial charge on any atom is 0.338 e. The van der Waals surface area contributed by atoms with Gasteiger partial charge in [0.25, 0.3) is 0 Å². The van der Waals surface area contributed by atoms with Crippen LogP contribution >= 0.6 is 0 Å². The smallest absolute Gasteiger partial charge is 0.338 e. The fraction of sp³-hybridized carbons (Fsp3) is 0.167. The highest BCUT2D eigenvalue weighted by Crippen LogP contribution is 2.28. The summed E-state index contributed by atoms with van der Waals surface area (Å²) in [4.78, 5) is 24.4. The Kier molecular flexibility index (Phi) is 7.75. The number of Topliss-reactive ketones (excluding diaryl/α,β-unsaturated/α-hetero) is 1. The van der Waals surface area contributed by atoms with Crippen molar-refractivity contribution in [2.24, 2.45) is 0 Å². The number of nitrogens with zero attached hydrogens (tertiary/aromatic N) is 1. The van der Waals surface area contributed by atoms with Gasteiger partial charge >= 0.3 is 5.97 Å². The van der Waals surface area contributed by atoms with E-state index < -0.39 is 40.0 Å². The second kappa shape index (κ2) is 10.5. The van der Waals surface area contributed by atoms with Crippen LogP contribution in [-0.4, -0.2) is 45.2 Å². The Balaban J connectivity index is 1.78. The van der Waals surface area contributed by atoms with E-state index in [4.69, 9.17) is 9.47 Å². The first kappa shape index (κ1) is 25.0. The van der Waals surface area contributed by atoms with E-state index in [0.717, 1.165) is 28.1 Å². The van der Waals surface area contributed by atoms with Crippen molar-refractivity contribution in [3.05, 3.63) is 95.1 Å². The van der Waals surface area contributed by atoms with E-state index in [2.05, 4.69) is 0 Å². The number of methoxy groups -OCH3 is 1. The van der Waals surface area contributed by atoms with E-state index in [1.54, 1.807) is 24.3 Å². The van der Waals surface area contributed by atoms with Crippen LogP contribution in [-0.2, 0) is 21.3 Å². The van der Waals surface area contributed by atoms with Crippen molar-refractivity contribution >= 4 is 21.8 Å². The van der Waals surface area contributed by atoms with Crippen LogP contribution in [0.5, 0.6) is 5.75 Å². The van der Waals surface area contributed by atoms with Crippen molar-refractivity contribution in [1.82, 2.24) is 4.31 Å².